The number of ether oxygens (including phenoxy) is 1. The fourth-order valence-corrected chi connectivity index (χ4v) is 5.76. The van der Waals surface area contributed by atoms with E-state index >= 15 is 0 Å². The summed E-state index contributed by atoms with van der Waals surface area (Å²) >= 11 is 0. The molecule has 2 heterocycles. The summed E-state index contributed by atoms with van der Waals surface area (Å²) in [7, 11) is -3.00. The molecule has 27 heavy (non-hydrogen) atoms. The van der Waals surface area contributed by atoms with Crippen LogP contribution in [-0.4, -0.2) is 35.7 Å². The van der Waals surface area contributed by atoms with Crippen molar-refractivity contribution < 1.29 is 22.3 Å². The van der Waals surface area contributed by atoms with E-state index in [2.05, 4.69) is 5.10 Å². The van der Waals surface area contributed by atoms with Crippen molar-refractivity contribution >= 4 is 15.8 Å². The molecule has 0 N–H and O–H groups in total. The van der Waals surface area contributed by atoms with Gasteiger partial charge in [0.05, 0.1) is 17.2 Å². The van der Waals surface area contributed by atoms with Gasteiger partial charge in [0.15, 0.2) is 9.84 Å². The Balaban J connectivity index is 1.44. The number of nitrogens with zero attached hydrogens (tertiary/aromatic N) is 2. The maximum Gasteiger partial charge on any atom is 0.306 e. The lowest BCUT2D eigenvalue weighted by molar-refractivity contribution is -0.146. The summed E-state index contributed by atoms with van der Waals surface area (Å²) in [5.41, 5.74) is 3.67. The molecule has 144 valence electrons. The van der Waals surface area contributed by atoms with Crippen molar-refractivity contribution in [3.05, 3.63) is 47.0 Å². The SMILES string of the molecule is O=C(CC1CCS(=O)(=O)C1)OCc1nn(-c2ccc(F)cc2)c2c1CCC2. The third kappa shape index (κ3) is 3.90. The molecule has 2 aromatic rings. The van der Waals surface area contributed by atoms with Gasteiger partial charge in [-0.1, -0.05) is 0 Å². The fraction of sp³-hybridized carbons (Fsp3) is 0.474. The molecule has 1 aliphatic carbocycles. The molecule has 1 unspecified atom stereocenters. The molecule has 1 saturated heterocycles. The van der Waals surface area contributed by atoms with E-state index in [1.807, 2.05) is 0 Å². The molecule has 6 nitrogen and oxygen atoms in total. The summed E-state index contributed by atoms with van der Waals surface area (Å²) in [4.78, 5) is 12.1. The summed E-state index contributed by atoms with van der Waals surface area (Å²) < 4.78 is 43.4. The summed E-state index contributed by atoms with van der Waals surface area (Å²) in [6.45, 7) is 0.0782. The van der Waals surface area contributed by atoms with Crippen molar-refractivity contribution in [3.63, 3.8) is 0 Å². The first-order chi connectivity index (χ1) is 12.9. The van der Waals surface area contributed by atoms with Crippen LogP contribution in [0.2, 0.25) is 0 Å². The lowest BCUT2D eigenvalue weighted by Crippen LogP contribution is -2.13. The minimum atomic E-state index is -3.00. The van der Waals surface area contributed by atoms with Gasteiger partial charge >= 0.3 is 5.97 Å². The number of carbonyl (C=O) groups excluding carboxylic acids is 1. The van der Waals surface area contributed by atoms with Gasteiger partial charge in [0.25, 0.3) is 0 Å². The van der Waals surface area contributed by atoms with Gasteiger partial charge in [-0.15, -0.1) is 0 Å². The third-order valence-electron chi connectivity index (χ3n) is 5.24. The van der Waals surface area contributed by atoms with E-state index in [0.717, 1.165) is 41.9 Å². The number of fused-ring (bicyclic) bond motifs is 1. The van der Waals surface area contributed by atoms with E-state index in [9.17, 15) is 17.6 Å². The molecule has 1 aromatic heterocycles. The zero-order valence-corrected chi connectivity index (χ0v) is 15.7. The van der Waals surface area contributed by atoms with Crippen molar-refractivity contribution in [2.24, 2.45) is 5.92 Å². The van der Waals surface area contributed by atoms with Crippen LogP contribution in [0.15, 0.2) is 24.3 Å². The molecule has 0 amide bonds. The number of sulfone groups is 1. The van der Waals surface area contributed by atoms with Gasteiger partial charge in [-0.3, -0.25) is 4.79 Å². The summed E-state index contributed by atoms with van der Waals surface area (Å²) in [5.74, 6) is -0.618. The third-order valence-corrected chi connectivity index (χ3v) is 7.07. The molecule has 1 aromatic carbocycles. The van der Waals surface area contributed by atoms with Crippen LogP contribution in [0, 0.1) is 11.7 Å². The molecule has 0 spiro atoms. The maximum absolute atomic E-state index is 13.2. The molecular formula is C19H21FN2O4S. The van der Waals surface area contributed by atoms with E-state index in [4.69, 9.17) is 4.74 Å². The Labute approximate surface area is 157 Å². The molecule has 1 aliphatic heterocycles. The lowest BCUT2D eigenvalue weighted by atomic mass is 10.1. The predicted octanol–water partition coefficient (Wildman–Crippen LogP) is 2.37. The molecule has 8 heteroatoms. The maximum atomic E-state index is 13.2. The number of benzene rings is 1. The Hall–Kier alpha value is -2.22. The molecule has 0 saturated carbocycles. The minimum absolute atomic E-state index is 0.0662. The summed E-state index contributed by atoms with van der Waals surface area (Å²) in [6.07, 6.45) is 3.42. The Kier molecular flexibility index (Phi) is 4.75. The van der Waals surface area contributed by atoms with E-state index < -0.39 is 9.84 Å². The van der Waals surface area contributed by atoms with Gasteiger partial charge in [-0.05, 0) is 55.9 Å². The monoisotopic (exact) mass is 392 g/mol. The summed E-state index contributed by atoms with van der Waals surface area (Å²) in [6, 6.07) is 6.15. The second kappa shape index (κ2) is 7.07. The number of aromatic nitrogens is 2. The second-order valence-electron chi connectivity index (χ2n) is 7.25. The largest absolute Gasteiger partial charge is 0.459 e. The normalized spacial score (nSPS) is 20.6. The first-order valence-electron chi connectivity index (χ1n) is 9.13. The highest BCUT2D eigenvalue weighted by Crippen LogP contribution is 2.29. The van der Waals surface area contributed by atoms with Crippen LogP contribution in [-0.2, 0) is 38.8 Å². The Morgan fingerprint density at radius 3 is 2.74 bits per heavy atom. The number of esters is 1. The first kappa shape index (κ1) is 18.2. The van der Waals surface area contributed by atoms with E-state index in [1.165, 1.54) is 12.1 Å². The first-order valence-corrected chi connectivity index (χ1v) is 10.9. The minimum Gasteiger partial charge on any atom is -0.459 e. The van der Waals surface area contributed by atoms with E-state index in [-0.39, 0.29) is 42.2 Å². The van der Waals surface area contributed by atoms with Crippen LogP contribution < -0.4 is 0 Å². The Bertz CT molecular complexity index is 966. The number of carbonyl (C=O) groups is 1. The number of hydrogen-bond donors (Lipinski definition) is 0. The second-order valence-corrected chi connectivity index (χ2v) is 9.48. The van der Waals surface area contributed by atoms with Crippen molar-refractivity contribution in [2.45, 2.75) is 38.7 Å². The molecule has 1 atom stereocenters. The summed E-state index contributed by atoms with van der Waals surface area (Å²) in [5, 5.41) is 4.58. The number of halogens is 1. The average molecular weight is 392 g/mol. The Morgan fingerprint density at radius 1 is 1.26 bits per heavy atom. The molecule has 4 rings (SSSR count). The standard InChI is InChI=1S/C19H21FN2O4S/c20-14-4-6-15(7-5-14)22-18-3-1-2-16(18)17(21-22)11-26-19(23)10-13-8-9-27(24,25)12-13/h4-7,13H,1-3,8-12H2. The van der Waals surface area contributed by atoms with Gasteiger partial charge < -0.3 is 4.74 Å². The van der Waals surface area contributed by atoms with Gasteiger partial charge in [-0.25, -0.2) is 17.5 Å². The van der Waals surface area contributed by atoms with Crippen LogP contribution in [0.3, 0.4) is 0 Å². The van der Waals surface area contributed by atoms with Gasteiger partial charge in [0.2, 0.25) is 0 Å². The van der Waals surface area contributed by atoms with Crippen LogP contribution >= 0.6 is 0 Å². The fourth-order valence-electron chi connectivity index (χ4n) is 3.90. The quantitative estimate of drug-likeness (QED) is 0.730. The van der Waals surface area contributed by atoms with E-state index in [0.29, 0.717) is 6.42 Å². The van der Waals surface area contributed by atoms with Crippen LogP contribution in [0.4, 0.5) is 4.39 Å². The number of rotatable bonds is 5. The van der Waals surface area contributed by atoms with Crippen molar-refractivity contribution in [1.29, 1.82) is 0 Å². The van der Waals surface area contributed by atoms with Crippen molar-refractivity contribution in [1.82, 2.24) is 9.78 Å². The van der Waals surface area contributed by atoms with Crippen molar-refractivity contribution in [3.8, 4) is 5.69 Å². The van der Waals surface area contributed by atoms with Gasteiger partial charge in [0, 0.05) is 17.7 Å². The predicted molar refractivity (Wildman–Crippen MR) is 96.7 cm³/mol. The topological polar surface area (TPSA) is 78.3 Å². The van der Waals surface area contributed by atoms with Crippen LogP contribution in [0.25, 0.3) is 5.69 Å². The van der Waals surface area contributed by atoms with Crippen LogP contribution in [0.5, 0.6) is 0 Å². The molecule has 0 radical (unpaired) electrons. The molecule has 0 bridgehead atoms. The lowest BCUT2D eigenvalue weighted by Gasteiger charge is -2.08. The highest BCUT2D eigenvalue weighted by Gasteiger charge is 2.30. The van der Waals surface area contributed by atoms with E-state index in [1.54, 1.807) is 16.8 Å². The Morgan fingerprint density at radius 2 is 2.04 bits per heavy atom. The molecular weight excluding hydrogens is 371 g/mol. The van der Waals surface area contributed by atoms with Gasteiger partial charge in [-0.2, -0.15) is 5.10 Å². The zero-order chi connectivity index (χ0) is 19.0. The van der Waals surface area contributed by atoms with Crippen LogP contribution in [0.1, 0.15) is 36.2 Å². The smallest absolute Gasteiger partial charge is 0.306 e. The van der Waals surface area contributed by atoms with Crippen molar-refractivity contribution in [2.75, 3.05) is 11.5 Å². The number of hydrogen-bond acceptors (Lipinski definition) is 5. The average Bonchev–Trinajstić information content (AvgIpc) is 3.30. The molecule has 2 aliphatic rings. The highest BCUT2D eigenvalue weighted by atomic mass is 32.2. The van der Waals surface area contributed by atoms with Gasteiger partial charge in [0.1, 0.15) is 18.1 Å². The zero-order valence-electron chi connectivity index (χ0n) is 14.9. The highest BCUT2D eigenvalue weighted by molar-refractivity contribution is 7.91. The molecule has 1 fully saturated rings.